The first-order chi connectivity index (χ1) is 8.92. The summed E-state index contributed by atoms with van der Waals surface area (Å²) in [5.74, 6) is 1.42. The van der Waals surface area contributed by atoms with E-state index in [0.29, 0.717) is 11.6 Å². The van der Waals surface area contributed by atoms with Gasteiger partial charge in [-0.2, -0.15) is 13.2 Å². The average Bonchev–Trinajstić information content (AvgIpc) is 3.14. The van der Waals surface area contributed by atoms with Crippen molar-refractivity contribution in [3.63, 3.8) is 0 Å². The van der Waals surface area contributed by atoms with Gasteiger partial charge in [0.1, 0.15) is 24.0 Å². The maximum atomic E-state index is 12.6. The summed E-state index contributed by atoms with van der Waals surface area (Å²) in [7, 11) is 0. The molecule has 2 fully saturated rings. The quantitative estimate of drug-likeness (QED) is 0.914. The molecular formula is C12H15F3N4. The third-order valence-electron chi connectivity index (χ3n) is 3.32. The van der Waals surface area contributed by atoms with Gasteiger partial charge in [0.25, 0.3) is 0 Å². The second-order valence-corrected chi connectivity index (χ2v) is 5.26. The minimum atomic E-state index is -4.23. The maximum absolute atomic E-state index is 12.6. The molecular weight excluding hydrogens is 257 g/mol. The molecule has 4 nitrogen and oxygen atoms in total. The predicted molar refractivity (Wildman–Crippen MR) is 64.8 cm³/mol. The standard InChI is InChI=1S/C12H15F3N4/c13-12(14,15)6-19(8-3-4-8)10-5-9(16)17-11(18-10)7-1-2-7/h5,7-8H,1-4,6H2,(H2,16,17,18). The van der Waals surface area contributed by atoms with Crippen LogP contribution in [0.5, 0.6) is 0 Å². The zero-order valence-electron chi connectivity index (χ0n) is 10.3. The second kappa shape index (κ2) is 4.25. The first-order valence-corrected chi connectivity index (χ1v) is 6.40. The predicted octanol–water partition coefficient (Wildman–Crippen LogP) is 2.47. The van der Waals surface area contributed by atoms with Crippen molar-refractivity contribution in [1.29, 1.82) is 0 Å². The van der Waals surface area contributed by atoms with Crippen LogP contribution in [-0.2, 0) is 0 Å². The van der Waals surface area contributed by atoms with Crippen LogP contribution in [0, 0.1) is 0 Å². The zero-order chi connectivity index (χ0) is 13.6. The van der Waals surface area contributed by atoms with E-state index in [1.807, 2.05) is 0 Å². The second-order valence-electron chi connectivity index (χ2n) is 5.26. The molecule has 0 unspecified atom stereocenters. The van der Waals surface area contributed by atoms with E-state index < -0.39 is 12.7 Å². The Morgan fingerprint density at radius 2 is 1.89 bits per heavy atom. The maximum Gasteiger partial charge on any atom is 0.405 e. The van der Waals surface area contributed by atoms with Crippen LogP contribution in [-0.4, -0.2) is 28.7 Å². The van der Waals surface area contributed by atoms with E-state index in [0.717, 1.165) is 25.7 Å². The Kier molecular flexibility index (Phi) is 2.79. The van der Waals surface area contributed by atoms with Crippen LogP contribution in [0.1, 0.15) is 37.4 Å². The fourth-order valence-corrected chi connectivity index (χ4v) is 2.12. The highest BCUT2D eigenvalue weighted by molar-refractivity contribution is 5.49. The van der Waals surface area contributed by atoms with E-state index in [2.05, 4.69) is 9.97 Å². The van der Waals surface area contributed by atoms with Crippen LogP contribution >= 0.6 is 0 Å². The van der Waals surface area contributed by atoms with Crippen molar-refractivity contribution < 1.29 is 13.2 Å². The van der Waals surface area contributed by atoms with Gasteiger partial charge in [-0.05, 0) is 25.7 Å². The van der Waals surface area contributed by atoms with E-state index in [4.69, 9.17) is 5.73 Å². The Balaban J connectivity index is 1.88. The first kappa shape index (κ1) is 12.5. The van der Waals surface area contributed by atoms with E-state index in [-0.39, 0.29) is 17.8 Å². The molecule has 0 aromatic carbocycles. The molecule has 0 spiro atoms. The summed E-state index contributed by atoms with van der Waals surface area (Å²) in [4.78, 5) is 9.70. The highest BCUT2D eigenvalue weighted by atomic mass is 19.4. The Labute approximate surface area is 108 Å². The first-order valence-electron chi connectivity index (χ1n) is 6.40. The molecule has 2 saturated carbocycles. The number of aromatic nitrogens is 2. The van der Waals surface area contributed by atoms with E-state index in [1.165, 1.54) is 11.0 Å². The molecule has 2 aliphatic carbocycles. The van der Waals surface area contributed by atoms with Crippen LogP contribution in [0.4, 0.5) is 24.8 Å². The van der Waals surface area contributed by atoms with Gasteiger partial charge in [-0.1, -0.05) is 0 Å². The van der Waals surface area contributed by atoms with Crippen molar-refractivity contribution in [2.24, 2.45) is 0 Å². The fraction of sp³-hybridized carbons (Fsp3) is 0.667. The van der Waals surface area contributed by atoms with E-state index >= 15 is 0 Å². The van der Waals surface area contributed by atoms with Gasteiger partial charge in [-0.25, -0.2) is 9.97 Å². The molecule has 1 heterocycles. The van der Waals surface area contributed by atoms with Crippen LogP contribution in [0.2, 0.25) is 0 Å². The minimum absolute atomic E-state index is 0.0667. The number of anilines is 2. The number of rotatable bonds is 4. The van der Waals surface area contributed by atoms with E-state index in [9.17, 15) is 13.2 Å². The van der Waals surface area contributed by atoms with Crippen molar-refractivity contribution in [3.8, 4) is 0 Å². The van der Waals surface area contributed by atoms with Crippen molar-refractivity contribution in [2.45, 2.75) is 43.8 Å². The van der Waals surface area contributed by atoms with Crippen molar-refractivity contribution in [1.82, 2.24) is 9.97 Å². The number of nitrogens with two attached hydrogens (primary N) is 1. The molecule has 3 rings (SSSR count). The normalized spacial score (nSPS) is 19.5. The lowest BCUT2D eigenvalue weighted by atomic mass is 10.3. The topological polar surface area (TPSA) is 55.0 Å². The number of nitrogen functional groups attached to an aromatic ring is 1. The molecule has 2 aliphatic rings. The molecule has 0 amide bonds. The fourth-order valence-electron chi connectivity index (χ4n) is 2.12. The third-order valence-corrected chi connectivity index (χ3v) is 3.32. The molecule has 2 N–H and O–H groups in total. The molecule has 0 aliphatic heterocycles. The van der Waals surface area contributed by atoms with E-state index in [1.54, 1.807) is 0 Å². The Hall–Kier alpha value is -1.53. The lowest BCUT2D eigenvalue weighted by molar-refractivity contribution is -0.120. The van der Waals surface area contributed by atoms with Gasteiger partial charge in [-0.15, -0.1) is 0 Å². The summed E-state index contributed by atoms with van der Waals surface area (Å²) < 4.78 is 37.9. The number of nitrogens with zero attached hydrogens (tertiary/aromatic N) is 3. The van der Waals surface area contributed by atoms with Gasteiger partial charge < -0.3 is 10.6 Å². The summed E-state index contributed by atoms with van der Waals surface area (Å²) in [6, 6.07) is 1.37. The number of hydrogen-bond acceptors (Lipinski definition) is 4. The lowest BCUT2D eigenvalue weighted by Gasteiger charge is -2.25. The summed E-state index contributed by atoms with van der Waals surface area (Å²) in [6.07, 6.45) is -0.698. The van der Waals surface area contributed by atoms with Crippen LogP contribution in [0.25, 0.3) is 0 Å². The van der Waals surface area contributed by atoms with Crippen molar-refractivity contribution in [3.05, 3.63) is 11.9 Å². The lowest BCUT2D eigenvalue weighted by Crippen LogP contribution is -2.36. The smallest absolute Gasteiger partial charge is 0.384 e. The molecule has 0 saturated heterocycles. The molecule has 104 valence electrons. The van der Waals surface area contributed by atoms with Gasteiger partial charge >= 0.3 is 6.18 Å². The Morgan fingerprint density at radius 3 is 2.42 bits per heavy atom. The van der Waals surface area contributed by atoms with Crippen LogP contribution < -0.4 is 10.6 Å². The zero-order valence-corrected chi connectivity index (χ0v) is 10.3. The average molecular weight is 272 g/mol. The third kappa shape index (κ3) is 3.08. The highest BCUT2D eigenvalue weighted by Crippen LogP contribution is 2.40. The summed E-state index contributed by atoms with van der Waals surface area (Å²) >= 11 is 0. The van der Waals surface area contributed by atoms with Crippen LogP contribution in [0.15, 0.2) is 6.07 Å². The molecule has 19 heavy (non-hydrogen) atoms. The molecule has 0 atom stereocenters. The van der Waals surface area contributed by atoms with Crippen molar-refractivity contribution in [2.75, 3.05) is 17.2 Å². The largest absolute Gasteiger partial charge is 0.405 e. The molecule has 0 radical (unpaired) electrons. The van der Waals surface area contributed by atoms with Gasteiger partial charge in [0.2, 0.25) is 0 Å². The SMILES string of the molecule is Nc1cc(N(CC(F)(F)F)C2CC2)nc(C2CC2)n1. The molecule has 1 aromatic heterocycles. The summed E-state index contributed by atoms with van der Waals surface area (Å²) in [5.41, 5.74) is 5.69. The van der Waals surface area contributed by atoms with Gasteiger partial charge in [0.15, 0.2) is 0 Å². The Morgan fingerprint density at radius 1 is 1.21 bits per heavy atom. The minimum Gasteiger partial charge on any atom is -0.384 e. The van der Waals surface area contributed by atoms with Crippen molar-refractivity contribution >= 4 is 11.6 Å². The molecule has 0 bridgehead atoms. The summed E-state index contributed by atoms with van der Waals surface area (Å²) in [6.45, 7) is -0.974. The van der Waals surface area contributed by atoms with Gasteiger partial charge in [0, 0.05) is 18.0 Å². The molecule has 1 aromatic rings. The number of hydrogen-bond donors (Lipinski definition) is 1. The molecule has 7 heteroatoms. The number of alkyl halides is 3. The number of halogens is 3. The summed E-state index contributed by atoms with van der Waals surface area (Å²) in [5, 5.41) is 0. The van der Waals surface area contributed by atoms with Gasteiger partial charge in [0.05, 0.1) is 0 Å². The van der Waals surface area contributed by atoms with Gasteiger partial charge in [-0.3, -0.25) is 0 Å². The Bertz CT molecular complexity index is 480. The highest BCUT2D eigenvalue weighted by Gasteiger charge is 2.39. The monoisotopic (exact) mass is 272 g/mol. The van der Waals surface area contributed by atoms with Crippen LogP contribution in [0.3, 0.4) is 0 Å².